The lowest BCUT2D eigenvalue weighted by molar-refractivity contribution is 0.442. The molecule has 2 unspecified atom stereocenters. The molecule has 0 bridgehead atoms. The van der Waals surface area contributed by atoms with Crippen LogP contribution in [0.1, 0.15) is 36.3 Å². The summed E-state index contributed by atoms with van der Waals surface area (Å²) in [7, 11) is 0. The van der Waals surface area contributed by atoms with E-state index >= 15 is 0 Å². The van der Waals surface area contributed by atoms with Gasteiger partial charge in [-0.2, -0.15) is 0 Å². The number of benzene rings is 1. The molecule has 2 aromatic rings. The highest BCUT2D eigenvalue weighted by molar-refractivity contribution is 5.19. The maximum absolute atomic E-state index is 13.4. The first-order chi connectivity index (χ1) is 9.63. The molecule has 1 aliphatic carbocycles. The third-order valence-corrected chi connectivity index (χ3v) is 3.79. The van der Waals surface area contributed by atoms with Crippen LogP contribution in [0.15, 0.2) is 34.7 Å². The van der Waals surface area contributed by atoms with E-state index < -0.39 is 11.6 Å². The van der Waals surface area contributed by atoms with Gasteiger partial charge < -0.3 is 9.73 Å². The average Bonchev–Trinajstić information content (AvgIpc) is 2.96. The lowest BCUT2D eigenvalue weighted by Gasteiger charge is -2.04. The van der Waals surface area contributed by atoms with E-state index in [9.17, 15) is 8.78 Å². The highest BCUT2D eigenvalue weighted by Gasteiger charge is 2.36. The molecule has 0 spiro atoms. The van der Waals surface area contributed by atoms with E-state index in [1.165, 1.54) is 18.6 Å². The molecule has 4 heteroatoms. The Labute approximate surface area is 116 Å². The number of nitrogens with one attached hydrogen (secondary N) is 1. The molecular formula is C16H17F2NO. The molecule has 1 aliphatic rings. The molecule has 106 valence electrons. The first kappa shape index (κ1) is 13.3. The standard InChI is InChI=1S/C16H17F2NO/c1-10-6-14(10)16-5-4-13(20-16)9-19-8-11-2-3-12(17)7-15(11)18/h2-5,7,10,14,19H,6,8-9H2,1H3. The van der Waals surface area contributed by atoms with E-state index in [1.807, 2.05) is 12.1 Å². The van der Waals surface area contributed by atoms with Crippen LogP contribution in [0.25, 0.3) is 0 Å². The molecule has 1 N–H and O–H groups in total. The number of hydrogen-bond acceptors (Lipinski definition) is 2. The van der Waals surface area contributed by atoms with Gasteiger partial charge in [-0.15, -0.1) is 0 Å². The Morgan fingerprint density at radius 3 is 2.70 bits per heavy atom. The molecule has 1 aromatic carbocycles. The minimum Gasteiger partial charge on any atom is -0.464 e. The van der Waals surface area contributed by atoms with Crippen LogP contribution >= 0.6 is 0 Å². The fourth-order valence-corrected chi connectivity index (χ4v) is 2.39. The topological polar surface area (TPSA) is 25.2 Å². The number of furan rings is 1. The molecular weight excluding hydrogens is 260 g/mol. The van der Waals surface area contributed by atoms with E-state index in [2.05, 4.69) is 12.2 Å². The highest BCUT2D eigenvalue weighted by Crippen LogP contribution is 2.47. The number of rotatable bonds is 5. The predicted molar refractivity (Wildman–Crippen MR) is 72.1 cm³/mol. The Balaban J connectivity index is 1.53. The van der Waals surface area contributed by atoms with Gasteiger partial charge in [-0.05, 0) is 30.5 Å². The summed E-state index contributed by atoms with van der Waals surface area (Å²) < 4.78 is 32.0. The van der Waals surface area contributed by atoms with Crippen molar-refractivity contribution in [2.45, 2.75) is 32.4 Å². The molecule has 2 atom stereocenters. The average molecular weight is 277 g/mol. The van der Waals surface area contributed by atoms with Crippen LogP contribution in [0, 0.1) is 17.6 Å². The first-order valence-electron chi connectivity index (χ1n) is 6.86. The zero-order chi connectivity index (χ0) is 14.1. The molecule has 0 amide bonds. The van der Waals surface area contributed by atoms with E-state index in [0.29, 0.717) is 24.6 Å². The van der Waals surface area contributed by atoms with E-state index in [-0.39, 0.29) is 0 Å². The van der Waals surface area contributed by atoms with Crippen molar-refractivity contribution >= 4 is 0 Å². The Morgan fingerprint density at radius 1 is 1.20 bits per heavy atom. The molecule has 1 heterocycles. The second-order valence-electron chi connectivity index (χ2n) is 5.46. The maximum Gasteiger partial charge on any atom is 0.130 e. The summed E-state index contributed by atoms with van der Waals surface area (Å²) in [5.41, 5.74) is 0.453. The quantitative estimate of drug-likeness (QED) is 0.894. The normalized spacial score (nSPS) is 21.1. The van der Waals surface area contributed by atoms with Crippen LogP contribution in [0.2, 0.25) is 0 Å². The summed E-state index contributed by atoms with van der Waals surface area (Å²) in [6, 6.07) is 7.59. The van der Waals surface area contributed by atoms with Gasteiger partial charge in [0.15, 0.2) is 0 Å². The van der Waals surface area contributed by atoms with Gasteiger partial charge in [0, 0.05) is 24.1 Å². The summed E-state index contributed by atoms with van der Waals surface area (Å²) in [4.78, 5) is 0. The minimum absolute atomic E-state index is 0.349. The third kappa shape index (κ3) is 2.90. The van der Waals surface area contributed by atoms with Gasteiger partial charge in [-0.1, -0.05) is 13.0 Å². The van der Waals surface area contributed by atoms with Crippen molar-refractivity contribution in [2.75, 3.05) is 0 Å². The van der Waals surface area contributed by atoms with Gasteiger partial charge in [0.25, 0.3) is 0 Å². The van der Waals surface area contributed by atoms with Crippen molar-refractivity contribution in [1.29, 1.82) is 0 Å². The van der Waals surface area contributed by atoms with Gasteiger partial charge in [-0.25, -0.2) is 8.78 Å². The van der Waals surface area contributed by atoms with Crippen LogP contribution in [-0.2, 0) is 13.1 Å². The van der Waals surface area contributed by atoms with Crippen molar-refractivity contribution in [3.63, 3.8) is 0 Å². The fourth-order valence-electron chi connectivity index (χ4n) is 2.39. The van der Waals surface area contributed by atoms with Crippen LogP contribution < -0.4 is 5.32 Å². The monoisotopic (exact) mass is 277 g/mol. The zero-order valence-corrected chi connectivity index (χ0v) is 11.3. The van der Waals surface area contributed by atoms with Crippen LogP contribution in [-0.4, -0.2) is 0 Å². The van der Waals surface area contributed by atoms with Crippen molar-refractivity contribution in [3.8, 4) is 0 Å². The molecule has 0 radical (unpaired) electrons. The van der Waals surface area contributed by atoms with Crippen LogP contribution in [0.3, 0.4) is 0 Å². The molecule has 3 rings (SSSR count). The number of halogens is 2. The summed E-state index contributed by atoms with van der Waals surface area (Å²) in [5, 5.41) is 3.11. The van der Waals surface area contributed by atoms with E-state index in [4.69, 9.17) is 4.42 Å². The lowest BCUT2D eigenvalue weighted by Crippen LogP contribution is -2.13. The molecule has 2 nitrogen and oxygen atoms in total. The van der Waals surface area contributed by atoms with Gasteiger partial charge in [0.05, 0.1) is 6.54 Å². The Kier molecular flexibility index (Phi) is 3.57. The largest absolute Gasteiger partial charge is 0.464 e. The summed E-state index contributed by atoms with van der Waals surface area (Å²) in [6.07, 6.45) is 1.20. The summed E-state index contributed by atoms with van der Waals surface area (Å²) in [5.74, 6) is 2.10. The van der Waals surface area contributed by atoms with Gasteiger partial charge in [0.1, 0.15) is 23.2 Å². The molecule has 0 saturated heterocycles. The Morgan fingerprint density at radius 2 is 2.00 bits per heavy atom. The highest BCUT2D eigenvalue weighted by atomic mass is 19.1. The summed E-state index contributed by atoms with van der Waals surface area (Å²) >= 11 is 0. The minimum atomic E-state index is -0.555. The van der Waals surface area contributed by atoms with Crippen LogP contribution in [0.5, 0.6) is 0 Å². The second-order valence-corrected chi connectivity index (χ2v) is 5.46. The van der Waals surface area contributed by atoms with Gasteiger partial charge >= 0.3 is 0 Å². The van der Waals surface area contributed by atoms with Crippen molar-refractivity contribution in [1.82, 2.24) is 5.32 Å². The second kappa shape index (κ2) is 5.37. The molecule has 20 heavy (non-hydrogen) atoms. The number of hydrogen-bond donors (Lipinski definition) is 1. The van der Waals surface area contributed by atoms with E-state index in [0.717, 1.165) is 23.5 Å². The fraction of sp³-hybridized carbons (Fsp3) is 0.375. The molecule has 0 aliphatic heterocycles. The lowest BCUT2D eigenvalue weighted by atomic mass is 10.2. The smallest absolute Gasteiger partial charge is 0.130 e. The Bertz CT molecular complexity index is 608. The Hall–Kier alpha value is -1.68. The maximum atomic E-state index is 13.4. The van der Waals surface area contributed by atoms with Crippen LogP contribution in [0.4, 0.5) is 8.78 Å². The zero-order valence-electron chi connectivity index (χ0n) is 11.3. The van der Waals surface area contributed by atoms with Gasteiger partial charge in [-0.3, -0.25) is 0 Å². The van der Waals surface area contributed by atoms with Crippen molar-refractivity contribution in [3.05, 3.63) is 59.1 Å². The van der Waals surface area contributed by atoms with Crippen molar-refractivity contribution < 1.29 is 13.2 Å². The van der Waals surface area contributed by atoms with Gasteiger partial charge in [0.2, 0.25) is 0 Å². The molecule has 1 fully saturated rings. The molecule has 1 saturated carbocycles. The summed E-state index contributed by atoms with van der Waals surface area (Å²) in [6.45, 7) is 3.10. The van der Waals surface area contributed by atoms with Crippen molar-refractivity contribution in [2.24, 2.45) is 5.92 Å². The SMILES string of the molecule is CC1CC1c1ccc(CNCc2ccc(F)cc2F)o1. The first-order valence-corrected chi connectivity index (χ1v) is 6.86. The van der Waals surface area contributed by atoms with E-state index in [1.54, 1.807) is 0 Å². The molecule has 1 aromatic heterocycles. The third-order valence-electron chi connectivity index (χ3n) is 3.79. The predicted octanol–water partition coefficient (Wildman–Crippen LogP) is 3.97.